The summed E-state index contributed by atoms with van der Waals surface area (Å²) in [7, 11) is 0. The van der Waals surface area contributed by atoms with Crippen LogP contribution in [0.5, 0.6) is 0 Å². The zero-order chi connectivity index (χ0) is 20.1. The molecule has 4 nitrogen and oxygen atoms in total. The highest BCUT2D eigenvalue weighted by Gasteiger charge is 2.32. The molecule has 1 aromatic carbocycles. The van der Waals surface area contributed by atoms with Crippen LogP contribution in [-0.2, 0) is 17.4 Å². The second-order valence-corrected chi connectivity index (χ2v) is 8.07. The van der Waals surface area contributed by atoms with Crippen LogP contribution in [0.4, 0.5) is 18.9 Å². The summed E-state index contributed by atoms with van der Waals surface area (Å²) in [5.74, 6) is 0.0269. The van der Waals surface area contributed by atoms with Gasteiger partial charge in [0.2, 0.25) is 0 Å². The summed E-state index contributed by atoms with van der Waals surface area (Å²) in [4.78, 5) is 16.8. The smallest absolute Gasteiger partial charge is 0.360 e. The first-order chi connectivity index (χ1) is 13.3. The van der Waals surface area contributed by atoms with Gasteiger partial charge < -0.3 is 15.1 Å². The minimum Gasteiger partial charge on any atom is -0.360 e. The van der Waals surface area contributed by atoms with Crippen LogP contribution < -0.4 is 15.1 Å². The molecule has 0 bridgehead atoms. The summed E-state index contributed by atoms with van der Waals surface area (Å²) in [6.07, 6.45) is -3.51. The van der Waals surface area contributed by atoms with E-state index in [2.05, 4.69) is 11.4 Å². The van der Waals surface area contributed by atoms with E-state index in [1.165, 1.54) is 17.0 Å². The summed E-state index contributed by atoms with van der Waals surface area (Å²) in [5.41, 5.74) is -0.0415. The van der Waals surface area contributed by atoms with Crippen molar-refractivity contribution in [1.29, 1.82) is 0 Å². The second-order valence-electron chi connectivity index (χ2n) is 7.04. The van der Waals surface area contributed by atoms with Gasteiger partial charge >= 0.3 is 6.18 Å². The topological polar surface area (TPSA) is 36.8 Å². The molecule has 2 N–H and O–H groups in total. The average Bonchev–Trinajstić information content (AvgIpc) is 3.20. The molecule has 1 saturated heterocycles. The lowest BCUT2D eigenvalue weighted by Gasteiger charge is -2.36. The van der Waals surface area contributed by atoms with E-state index in [0.29, 0.717) is 25.3 Å². The Morgan fingerprint density at radius 1 is 1.25 bits per heavy atom. The number of amides is 1. The number of alkyl halides is 3. The number of nitrogens with zero attached hydrogens (tertiary/aromatic N) is 1. The van der Waals surface area contributed by atoms with E-state index in [9.17, 15) is 18.0 Å². The first kappa shape index (κ1) is 20.7. The number of rotatable bonds is 6. The molecule has 0 spiro atoms. The fraction of sp³-hybridized carbons (Fsp3) is 0.450. The van der Waals surface area contributed by atoms with Crippen molar-refractivity contribution >= 4 is 22.9 Å². The molecule has 0 saturated carbocycles. The van der Waals surface area contributed by atoms with Crippen molar-refractivity contribution in [3.63, 3.8) is 0 Å². The van der Waals surface area contributed by atoms with Gasteiger partial charge in [-0.05, 0) is 43.0 Å². The van der Waals surface area contributed by atoms with Gasteiger partial charge in [-0.3, -0.25) is 4.79 Å². The number of hydrogen-bond acceptors (Lipinski definition) is 3. The molecular formula is C20H25F3N3OS+. The third-order valence-corrected chi connectivity index (χ3v) is 6.14. The molecule has 8 heteroatoms. The molecule has 0 unspecified atom stereocenters. The third-order valence-electron chi connectivity index (χ3n) is 5.20. The van der Waals surface area contributed by atoms with E-state index in [1.807, 2.05) is 23.3 Å². The Morgan fingerprint density at radius 2 is 2.00 bits per heavy atom. The first-order valence-corrected chi connectivity index (χ1v) is 10.3. The van der Waals surface area contributed by atoms with Crippen molar-refractivity contribution in [2.45, 2.75) is 25.6 Å². The molecule has 1 aliphatic heterocycles. The van der Waals surface area contributed by atoms with E-state index in [4.69, 9.17) is 0 Å². The van der Waals surface area contributed by atoms with E-state index in [-0.39, 0.29) is 11.9 Å². The molecule has 1 amide bonds. The Balaban J connectivity index is 1.48. The predicted molar refractivity (Wildman–Crippen MR) is 105 cm³/mol. The summed E-state index contributed by atoms with van der Waals surface area (Å²) in [5, 5.41) is 5.01. The van der Waals surface area contributed by atoms with Gasteiger partial charge in [0, 0.05) is 17.1 Å². The van der Waals surface area contributed by atoms with Crippen LogP contribution in [0, 0.1) is 0 Å². The van der Waals surface area contributed by atoms with E-state index in [0.717, 1.165) is 30.5 Å². The molecular weight excluding hydrogens is 387 g/mol. The van der Waals surface area contributed by atoms with Gasteiger partial charge in [0.25, 0.3) is 5.91 Å². The van der Waals surface area contributed by atoms with E-state index in [1.54, 1.807) is 17.4 Å². The number of nitrogens with one attached hydrogen (secondary N) is 2. The van der Waals surface area contributed by atoms with Crippen molar-refractivity contribution in [3.8, 4) is 0 Å². The van der Waals surface area contributed by atoms with Crippen LogP contribution >= 0.6 is 11.3 Å². The number of quaternary nitrogens is 1. The monoisotopic (exact) mass is 412 g/mol. The van der Waals surface area contributed by atoms with E-state index >= 15 is 0 Å². The molecule has 152 valence electrons. The molecule has 0 aliphatic carbocycles. The molecule has 3 rings (SSSR count). The number of piperazine rings is 1. The molecule has 0 radical (unpaired) electrons. The summed E-state index contributed by atoms with van der Waals surface area (Å²) in [6.45, 7) is 5.22. The first-order valence-electron chi connectivity index (χ1n) is 9.41. The maximum absolute atomic E-state index is 12.9. The fourth-order valence-electron chi connectivity index (χ4n) is 3.47. The largest absolute Gasteiger partial charge is 0.416 e. The molecule has 2 heterocycles. The number of carbonyl (C=O) groups excluding carboxylic acids is 1. The van der Waals surface area contributed by atoms with Crippen LogP contribution in [0.2, 0.25) is 0 Å². The summed E-state index contributed by atoms with van der Waals surface area (Å²) < 4.78 is 38.8. The van der Waals surface area contributed by atoms with Crippen molar-refractivity contribution < 1.29 is 22.9 Å². The molecule has 28 heavy (non-hydrogen) atoms. The highest BCUT2D eigenvalue weighted by molar-refractivity contribution is 7.09. The zero-order valence-electron chi connectivity index (χ0n) is 15.8. The lowest BCUT2D eigenvalue weighted by molar-refractivity contribution is -0.914. The molecule has 1 aromatic heterocycles. The standard InChI is InChI=1S/C20H24F3N3OS/c1-15(19(27)24-8-7-18-6-3-13-28-18)25-9-11-26(12-10-25)17-5-2-4-16(14-17)20(21,22)23/h2-6,13-15H,7-12H2,1H3,(H,24,27)/p+1/t15-/m1/s1. The maximum Gasteiger partial charge on any atom is 0.416 e. The minimum absolute atomic E-state index is 0.0269. The van der Waals surface area contributed by atoms with Crippen LogP contribution in [-0.4, -0.2) is 44.7 Å². The number of thiophene rings is 1. The Kier molecular flexibility index (Phi) is 6.61. The number of carbonyl (C=O) groups is 1. The van der Waals surface area contributed by atoms with Gasteiger partial charge in [-0.25, -0.2) is 0 Å². The lowest BCUT2D eigenvalue weighted by Crippen LogP contribution is -3.19. The van der Waals surface area contributed by atoms with Crippen LogP contribution in [0.1, 0.15) is 17.4 Å². The third kappa shape index (κ3) is 5.26. The summed E-state index contributed by atoms with van der Waals surface area (Å²) in [6, 6.07) is 9.32. The normalized spacial score (nSPS) is 16.8. The highest BCUT2D eigenvalue weighted by Crippen LogP contribution is 2.31. The molecule has 1 atom stereocenters. The minimum atomic E-state index is -4.33. The predicted octanol–water partition coefficient (Wildman–Crippen LogP) is 2.22. The van der Waals surface area contributed by atoms with Crippen LogP contribution in [0.25, 0.3) is 0 Å². The molecule has 1 fully saturated rings. The van der Waals surface area contributed by atoms with Gasteiger partial charge in [0.1, 0.15) is 0 Å². The van der Waals surface area contributed by atoms with Gasteiger partial charge in [-0.15, -0.1) is 11.3 Å². The van der Waals surface area contributed by atoms with Crippen molar-refractivity contribution in [2.24, 2.45) is 0 Å². The Hall–Kier alpha value is -2.06. The van der Waals surface area contributed by atoms with Gasteiger partial charge in [0.15, 0.2) is 6.04 Å². The average molecular weight is 413 g/mol. The van der Waals surface area contributed by atoms with E-state index < -0.39 is 11.7 Å². The SMILES string of the molecule is C[C@H](C(=O)NCCc1cccs1)[NH+]1CCN(c2cccc(C(F)(F)F)c2)CC1. The lowest BCUT2D eigenvalue weighted by atomic mass is 10.1. The number of hydrogen-bond donors (Lipinski definition) is 2. The number of benzene rings is 1. The van der Waals surface area contributed by atoms with Gasteiger partial charge in [-0.2, -0.15) is 13.2 Å². The van der Waals surface area contributed by atoms with Crippen LogP contribution in [0.15, 0.2) is 41.8 Å². The summed E-state index contributed by atoms with van der Waals surface area (Å²) >= 11 is 1.68. The number of halogens is 3. The zero-order valence-corrected chi connectivity index (χ0v) is 16.6. The van der Waals surface area contributed by atoms with Crippen molar-refractivity contribution in [3.05, 3.63) is 52.2 Å². The number of anilines is 1. The maximum atomic E-state index is 12.9. The second kappa shape index (κ2) is 8.96. The van der Waals surface area contributed by atoms with Crippen molar-refractivity contribution in [1.82, 2.24) is 5.32 Å². The molecule has 1 aliphatic rings. The van der Waals surface area contributed by atoms with Crippen LogP contribution in [0.3, 0.4) is 0 Å². The Morgan fingerprint density at radius 3 is 2.64 bits per heavy atom. The quantitative estimate of drug-likeness (QED) is 0.764. The van der Waals surface area contributed by atoms with Gasteiger partial charge in [0.05, 0.1) is 31.7 Å². The molecule has 2 aromatic rings. The Labute approximate surface area is 167 Å². The van der Waals surface area contributed by atoms with Crippen molar-refractivity contribution in [2.75, 3.05) is 37.6 Å². The Bertz CT molecular complexity index is 771. The van der Waals surface area contributed by atoms with Gasteiger partial charge in [-0.1, -0.05) is 12.1 Å². The highest BCUT2D eigenvalue weighted by atomic mass is 32.1. The fourth-order valence-corrected chi connectivity index (χ4v) is 4.18.